The van der Waals surface area contributed by atoms with Gasteiger partial charge in [-0.25, -0.2) is 13.1 Å². The van der Waals surface area contributed by atoms with Crippen molar-refractivity contribution in [2.75, 3.05) is 50.8 Å². The molecule has 2 heterocycles. The summed E-state index contributed by atoms with van der Waals surface area (Å²) in [4.78, 5) is 16.1. The van der Waals surface area contributed by atoms with Gasteiger partial charge in [-0.1, -0.05) is 6.92 Å². The lowest BCUT2D eigenvalue weighted by Gasteiger charge is -2.26. The topological polar surface area (TPSA) is 79.0 Å². The number of nitrogens with one attached hydrogen (secondary N) is 1. The van der Waals surface area contributed by atoms with Crippen LogP contribution in [0.1, 0.15) is 18.9 Å². The summed E-state index contributed by atoms with van der Waals surface area (Å²) >= 11 is 3.38. The minimum atomic E-state index is -3.66. The molecule has 0 aliphatic carbocycles. The van der Waals surface area contributed by atoms with Crippen LogP contribution >= 0.6 is 15.9 Å². The van der Waals surface area contributed by atoms with E-state index in [0.29, 0.717) is 49.4 Å². The highest BCUT2D eigenvalue weighted by Crippen LogP contribution is 2.35. The third kappa shape index (κ3) is 4.28. The number of sulfonamides is 1. The predicted molar refractivity (Wildman–Crippen MR) is 103 cm³/mol. The molecule has 0 bridgehead atoms. The van der Waals surface area contributed by atoms with Gasteiger partial charge >= 0.3 is 0 Å². The molecule has 0 saturated carbocycles. The van der Waals surface area contributed by atoms with E-state index in [1.807, 2.05) is 13.0 Å². The van der Waals surface area contributed by atoms with Gasteiger partial charge < -0.3 is 9.64 Å². The summed E-state index contributed by atoms with van der Waals surface area (Å²) in [6.45, 7) is 6.40. The quantitative estimate of drug-likeness (QED) is 0.714. The molecule has 0 spiro atoms. The summed E-state index contributed by atoms with van der Waals surface area (Å²) in [6.07, 6.45) is 1.14. The molecule has 1 fully saturated rings. The third-order valence-electron chi connectivity index (χ3n) is 4.75. The fourth-order valence-electron chi connectivity index (χ4n) is 3.28. The van der Waals surface area contributed by atoms with Crippen LogP contribution in [-0.2, 0) is 26.0 Å². The molecule has 144 valence electrons. The largest absolute Gasteiger partial charge is 0.379 e. The Kier molecular flexibility index (Phi) is 6.34. The summed E-state index contributed by atoms with van der Waals surface area (Å²) in [5, 5.41) is 0. The van der Waals surface area contributed by atoms with Gasteiger partial charge in [0, 0.05) is 49.3 Å². The Morgan fingerprint density at radius 3 is 2.69 bits per heavy atom. The van der Waals surface area contributed by atoms with Crippen molar-refractivity contribution in [2.24, 2.45) is 0 Å². The van der Waals surface area contributed by atoms with E-state index in [0.717, 1.165) is 25.1 Å². The number of morpholine rings is 1. The Morgan fingerprint density at radius 1 is 1.27 bits per heavy atom. The number of carbonyl (C=O) groups is 1. The Labute approximate surface area is 162 Å². The van der Waals surface area contributed by atoms with Gasteiger partial charge in [0.15, 0.2) is 0 Å². The number of fused-ring (bicyclic) bond motifs is 1. The predicted octanol–water partition coefficient (Wildman–Crippen LogP) is 1.36. The molecule has 0 unspecified atom stereocenters. The number of amides is 1. The summed E-state index contributed by atoms with van der Waals surface area (Å²) in [6, 6.07) is 3.42. The monoisotopic (exact) mass is 445 g/mol. The summed E-state index contributed by atoms with van der Waals surface area (Å²) < 4.78 is 34.0. The molecule has 0 atom stereocenters. The molecule has 2 aliphatic rings. The number of hydrogen-bond acceptors (Lipinski definition) is 5. The van der Waals surface area contributed by atoms with Gasteiger partial charge in [0.1, 0.15) is 0 Å². The first kappa shape index (κ1) is 19.8. The minimum Gasteiger partial charge on any atom is -0.379 e. The minimum absolute atomic E-state index is 0.00898. The zero-order chi connectivity index (χ0) is 18.7. The van der Waals surface area contributed by atoms with Crippen LogP contribution in [0.2, 0.25) is 0 Å². The van der Waals surface area contributed by atoms with Crippen molar-refractivity contribution in [2.45, 2.75) is 24.7 Å². The fourth-order valence-corrected chi connectivity index (χ4v) is 5.41. The van der Waals surface area contributed by atoms with Crippen LogP contribution < -0.4 is 9.62 Å². The van der Waals surface area contributed by atoms with Crippen molar-refractivity contribution in [3.8, 4) is 0 Å². The fraction of sp³-hybridized carbons (Fsp3) is 0.588. The second kappa shape index (κ2) is 8.35. The van der Waals surface area contributed by atoms with Gasteiger partial charge in [0.2, 0.25) is 15.9 Å². The molecule has 3 rings (SSSR count). The van der Waals surface area contributed by atoms with Gasteiger partial charge in [-0.3, -0.25) is 9.69 Å². The molecule has 0 radical (unpaired) electrons. The molecule has 1 N–H and O–H groups in total. The van der Waals surface area contributed by atoms with E-state index in [2.05, 4.69) is 25.6 Å². The van der Waals surface area contributed by atoms with Crippen LogP contribution in [0.4, 0.5) is 5.69 Å². The van der Waals surface area contributed by atoms with Crippen LogP contribution in [0, 0.1) is 0 Å². The maximum atomic E-state index is 12.8. The number of anilines is 1. The zero-order valence-corrected chi connectivity index (χ0v) is 17.2. The first-order valence-electron chi connectivity index (χ1n) is 8.85. The van der Waals surface area contributed by atoms with E-state index in [1.54, 1.807) is 11.0 Å². The average Bonchev–Trinajstić information content (AvgIpc) is 3.03. The molecule has 1 saturated heterocycles. The molecule has 1 aromatic rings. The molecule has 7 nitrogen and oxygen atoms in total. The second-order valence-corrected chi connectivity index (χ2v) is 9.00. The molecule has 1 aromatic carbocycles. The van der Waals surface area contributed by atoms with Gasteiger partial charge in [0.05, 0.1) is 18.1 Å². The van der Waals surface area contributed by atoms with E-state index in [-0.39, 0.29) is 10.8 Å². The summed E-state index contributed by atoms with van der Waals surface area (Å²) in [5.41, 5.74) is 1.69. The van der Waals surface area contributed by atoms with E-state index in [4.69, 9.17) is 4.74 Å². The number of ether oxygens (including phenoxy) is 1. The number of halogens is 1. The Bertz CT molecular complexity index is 778. The SMILES string of the molecule is CCC(=O)N1CCc2cc(Br)c(S(=O)(=O)NCCN3CCOCC3)cc21. The Balaban J connectivity index is 1.74. The number of benzene rings is 1. The average molecular weight is 446 g/mol. The van der Waals surface area contributed by atoms with Gasteiger partial charge in [-0.2, -0.15) is 0 Å². The summed E-state index contributed by atoms with van der Waals surface area (Å²) in [5.74, 6) is 0.00898. The lowest BCUT2D eigenvalue weighted by atomic mass is 10.2. The van der Waals surface area contributed by atoms with Crippen molar-refractivity contribution in [1.82, 2.24) is 9.62 Å². The maximum Gasteiger partial charge on any atom is 0.241 e. The molecule has 26 heavy (non-hydrogen) atoms. The number of nitrogens with zero attached hydrogens (tertiary/aromatic N) is 2. The van der Waals surface area contributed by atoms with Gasteiger partial charge in [0.25, 0.3) is 0 Å². The van der Waals surface area contributed by atoms with E-state index >= 15 is 0 Å². The van der Waals surface area contributed by atoms with Crippen molar-refractivity contribution in [1.29, 1.82) is 0 Å². The maximum absolute atomic E-state index is 12.8. The highest BCUT2D eigenvalue weighted by molar-refractivity contribution is 9.10. The molecule has 9 heteroatoms. The normalized spacial score (nSPS) is 18.2. The Morgan fingerprint density at radius 2 is 2.00 bits per heavy atom. The van der Waals surface area contributed by atoms with Gasteiger partial charge in [-0.05, 0) is 40.0 Å². The van der Waals surface area contributed by atoms with E-state index < -0.39 is 10.0 Å². The standard InChI is InChI=1S/C17H24BrN3O4S/c1-2-17(22)21-5-3-13-11-14(18)16(12-15(13)21)26(23,24)19-4-6-20-7-9-25-10-8-20/h11-12,19H,2-10H2,1H3. The van der Waals surface area contributed by atoms with Crippen LogP contribution in [-0.4, -0.2) is 65.2 Å². The van der Waals surface area contributed by atoms with E-state index in [9.17, 15) is 13.2 Å². The molecular weight excluding hydrogens is 422 g/mol. The third-order valence-corrected chi connectivity index (χ3v) is 7.17. The smallest absolute Gasteiger partial charge is 0.241 e. The van der Waals surface area contributed by atoms with Crippen LogP contribution in [0.5, 0.6) is 0 Å². The van der Waals surface area contributed by atoms with Crippen molar-refractivity contribution in [3.63, 3.8) is 0 Å². The van der Waals surface area contributed by atoms with E-state index in [1.165, 1.54) is 0 Å². The Hall–Kier alpha value is -1.00. The number of rotatable bonds is 6. The highest BCUT2D eigenvalue weighted by atomic mass is 79.9. The van der Waals surface area contributed by atoms with Crippen molar-refractivity contribution in [3.05, 3.63) is 22.2 Å². The van der Waals surface area contributed by atoms with Crippen molar-refractivity contribution < 1.29 is 17.9 Å². The summed E-state index contributed by atoms with van der Waals surface area (Å²) in [7, 11) is -3.66. The molecule has 2 aliphatic heterocycles. The zero-order valence-electron chi connectivity index (χ0n) is 14.8. The number of hydrogen-bond donors (Lipinski definition) is 1. The molecule has 0 aromatic heterocycles. The molecule has 1 amide bonds. The van der Waals surface area contributed by atoms with Crippen LogP contribution in [0.3, 0.4) is 0 Å². The molecular formula is C17H24BrN3O4S. The first-order valence-corrected chi connectivity index (χ1v) is 11.1. The first-order chi connectivity index (χ1) is 12.4. The van der Waals surface area contributed by atoms with Gasteiger partial charge in [-0.15, -0.1) is 0 Å². The number of carbonyl (C=O) groups excluding carboxylic acids is 1. The highest BCUT2D eigenvalue weighted by Gasteiger charge is 2.28. The lowest BCUT2D eigenvalue weighted by molar-refractivity contribution is -0.118. The van der Waals surface area contributed by atoms with Crippen LogP contribution in [0.15, 0.2) is 21.5 Å². The second-order valence-electron chi connectivity index (χ2n) is 6.41. The van der Waals surface area contributed by atoms with Crippen molar-refractivity contribution >= 4 is 37.5 Å². The van der Waals surface area contributed by atoms with Crippen LogP contribution in [0.25, 0.3) is 0 Å². The lowest BCUT2D eigenvalue weighted by Crippen LogP contribution is -2.41.